The topological polar surface area (TPSA) is 41.5 Å². The van der Waals surface area contributed by atoms with Crippen LogP contribution in [0.15, 0.2) is 90.0 Å². The van der Waals surface area contributed by atoms with Crippen molar-refractivity contribution in [2.24, 2.45) is 5.10 Å². The van der Waals surface area contributed by atoms with Crippen molar-refractivity contribution >= 4 is 45.4 Å². The van der Waals surface area contributed by atoms with Crippen molar-refractivity contribution in [1.29, 1.82) is 0 Å². The molecule has 3 nitrogen and oxygen atoms in total. The van der Waals surface area contributed by atoms with E-state index >= 15 is 0 Å². The number of hydrogen-bond donors (Lipinski definition) is 1. The molecule has 4 rings (SSSR count). The van der Waals surface area contributed by atoms with Crippen LogP contribution in [0.1, 0.15) is 18.1 Å². The molecule has 0 aliphatic rings. The maximum Gasteiger partial charge on any atom is 0.252 e. The summed E-state index contributed by atoms with van der Waals surface area (Å²) in [7, 11) is 0. The molecular formula is C25H22N2OS. The molecule has 4 aromatic rings. The van der Waals surface area contributed by atoms with E-state index in [4.69, 9.17) is 0 Å². The summed E-state index contributed by atoms with van der Waals surface area (Å²) in [6.07, 6.45) is 1.76. The van der Waals surface area contributed by atoms with Crippen LogP contribution in [0.4, 0.5) is 0 Å². The third-order valence-electron chi connectivity index (χ3n) is 4.89. The standard InChI is InChI=1S/C25H22N2OS/c1-18(29-17-19-9-3-2-4-10-19)25(28)27-26-16-24-22-13-7-5-11-20(22)15-21-12-6-8-14-23(21)24/h2-16,18H,17H2,1H3,(H,27,28)/t18-/m0/s1. The van der Waals surface area contributed by atoms with Gasteiger partial charge in [0.05, 0.1) is 11.5 Å². The lowest BCUT2D eigenvalue weighted by Gasteiger charge is -2.10. The SMILES string of the molecule is C[C@H](SCc1ccccc1)C(=O)NN=Cc1c2ccccc2cc2ccccc12. The molecular weight excluding hydrogens is 376 g/mol. The zero-order valence-electron chi connectivity index (χ0n) is 16.2. The van der Waals surface area contributed by atoms with Gasteiger partial charge in [0.15, 0.2) is 0 Å². The second-order valence-electron chi connectivity index (χ2n) is 6.91. The number of hydrogen-bond acceptors (Lipinski definition) is 3. The van der Waals surface area contributed by atoms with Gasteiger partial charge in [-0.3, -0.25) is 4.79 Å². The van der Waals surface area contributed by atoms with E-state index in [1.54, 1.807) is 18.0 Å². The normalized spacial score (nSPS) is 12.4. The first kappa shape index (κ1) is 19.2. The minimum atomic E-state index is -0.184. The Morgan fingerprint density at radius 1 is 0.931 bits per heavy atom. The Hall–Kier alpha value is -3.11. The molecule has 0 saturated heterocycles. The third-order valence-corrected chi connectivity index (χ3v) is 6.11. The number of nitrogens with one attached hydrogen (secondary N) is 1. The summed E-state index contributed by atoms with van der Waals surface area (Å²) in [5.74, 6) is 0.708. The van der Waals surface area contributed by atoms with Crippen LogP contribution in [0.5, 0.6) is 0 Å². The fourth-order valence-electron chi connectivity index (χ4n) is 3.31. The molecule has 1 amide bonds. The van der Waals surface area contributed by atoms with Crippen LogP contribution in [0, 0.1) is 0 Å². The van der Waals surface area contributed by atoms with Crippen molar-refractivity contribution in [3.63, 3.8) is 0 Å². The highest BCUT2D eigenvalue weighted by molar-refractivity contribution is 7.99. The number of rotatable bonds is 6. The quantitative estimate of drug-likeness (QED) is 0.255. The minimum absolute atomic E-state index is 0.0910. The van der Waals surface area contributed by atoms with Gasteiger partial charge in [-0.05, 0) is 40.1 Å². The molecule has 4 aromatic carbocycles. The van der Waals surface area contributed by atoms with E-state index in [1.807, 2.05) is 49.4 Å². The molecule has 4 heteroatoms. The molecule has 1 atom stereocenters. The van der Waals surface area contributed by atoms with Crippen molar-refractivity contribution in [3.8, 4) is 0 Å². The van der Waals surface area contributed by atoms with Crippen LogP contribution in [0.25, 0.3) is 21.5 Å². The molecule has 144 valence electrons. The lowest BCUT2D eigenvalue weighted by atomic mass is 9.97. The second kappa shape index (κ2) is 8.93. The average Bonchev–Trinajstić information content (AvgIpc) is 2.77. The Morgan fingerprint density at radius 2 is 1.52 bits per heavy atom. The van der Waals surface area contributed by atoms with E-state index < -0.39 is 0 Å². The zero-order chi connectivity index (χ0) is 20.1. The van der Waals surface area contributed by atoms with Crippen LogP contribution in [0.3, 0.4) is 0 Å². The zero-order valence-corrected chi connectivity index (χ0v) is 17.0. The first-order valence-electron chi connectivity index (χ1n) is 9.61. The highest BCUT2D eigenvalue weighted by Crippen LogP contribution is 2.27. The first-order chi connectivity index (χ1) is 14.2. The molecule has 0 aromatic heterocycles. The summed E-state index contributed by atoms with van der Waals surface area (Å²) in [5, 5.41) is 8.65. The van der Waals surface area contributed by atoms with Crippen molar-refractivity contribution in [2.45, 2.75) is 17.9 Å². The van der Waals surface area contributed by atoms with Gasteiger partial charge in [0.1, 0.15) is 0 Å². The van der Waals surface area contributed by atoms with Gasteiger partial charge in [-0.15, -0.1) is 11.8 Å². The van der Waals surface area contributed by atoms with Crippen molar-refractivity contribution in [2.75, 3.05) is 0 Å². The maximum absolute atomic E-state index is 12.4. The molecule has 0 aliphatic heterocycles. The second-order valence-corrected chi connectivity index (χ2v) is 8.23. The number of carbonyl (C=O) groups excluding carboxylic acids is 1. The first-order valence-corrected chi connectivity index (χ1v) is 10.7. The predicted molar refractivity (Wildman–Crippen MR) is 124 cm³/mol. The van der Waals surface area contributed by atoms with E-state index in [9.17, 15) is 4.79 Å². The van der Waals surface area contributed by atoms with Gasteiger partial charge in [0, 0.05) is 11.3 Å². The smallest absolute Gasteiger partial charge is 0.252 e. The summed E-state index contributed by atoms with van der Waals surface area (Å²) in [6, 6.07) is 28.8. The summed E-state index contributed by atoms with van der Waals surface area (Å²) in [4.78, 5) is 12.4. The van der Waals surface area contributed by atoms with Crippen LogP contribution in [0.2, 0.25) is 0 Å². The molecule has 0 fully saturated rings. The molecule has 29 heavy (non-hydrogen) atoms. The van der Waals surface area contributed by atoms with E-state index in [1.165, 1.54) is 5.56 Å². The predicted octanol–water partition coefficient (Wildman–Crippen LogP) is 5.77. The number of amides is 1. The third kappa shape index (κ3) is 4.49. The maximum atomic E-state index is 12.4. The molecule has 0 bridgehead atoms. The van der Waals surface area contributed by atoms with E-state index in [0.717, 1.165) is 32.9 Å². The average molecular weight is 399 g/mol. The molecule has 0 radical (unpaired) electrons. The number of carbonyl (C=O) groups is 1. The highest BCUT2D eigenvalue weighted by atomic mass is 32.2. The van der Waals surface area contributed by atoms with E-state index in [-0.39, 0.29) is 11.2 Å². The van der Waals surface area contributed by atoms with Gasteiger partial charge >= 0.3 is 0 Å². The summed E-state index contributed by atoms with van der Waals surface area (Å²) in [5.41, 5.74) is 4.93. The molecule has 0 spiro atoms. The Balaban J connectivity index is 1.50. The Kier molecular flexibility index (Phi) is 5.92. The minimum Gasteiger partial charge on any atom is -0.272 e. The Labute approximate surface area is 174 Å². The van der Waals surface area contributed by atoms with Crippen LogP contribution >= 0.6 is 11.8 Å². The van der Waals surface area contributed by atoms with Gasteiger partial charge in [-0.2, -0.15) is 5.10 Å². The number of nitrogens with zero attached hydrogens (tertiary/aromatic N) is 1. The molecule has 0 unspecified atom stereocenters. The summed E-state index contributed by atoms with van der Waals surface area (Å²) >= 11 is 1.60. The fourth-order valence-corrected chi connectivity index (χ4v) is 4.15. The van der Waals surface area contributed by atoms with Crippen molar-refractivity contribution in [3.05, 3.63) is 96.1 Å². The van der Waals surface area contributed by atoms with Crippen LogP contribution < -0.4 is 5.43 Å². The summed E-state index contributed by atoms with van der Waals surface area (Å²) in [6.45, 7) is 1.91. The Morgan fingerprint density at radius 3 is 2.17 bits per heavy atom. The number of thioether (sulfide) groups is 1. The van der Waals surface area contributed by atoms with E-state index in [0.29, 0.717) is 0 Å². The number of hydrazone groups is 1. The van der Waals surface area contributed by atoms with Gasteiger partial charge in [-0.25, -0.2) is 5.43 Å². The van der Waals surface area contributed by atoms with Crippen LogP contribution in [-0.2, 0) is 10.5 Å². The monoisotopic (exact) mass is 398 g/mol. The summed E-state index contributed by atoms with van der Waals surface area (Å²) < 4.78 is 0. The van der Waals surface area contributed by atoms with Crippen LogP contribution in [-0.4, -0.2) is 17.4 Å². The lowest BCUT2D eigenvalue weighted by molar-refractivity contribution is -0.120. The lowest BCUT2D eigenvalue weighted by Crippen LogP contribution is -2.27. The molecule has 0 heterocycles. The molecule has 0 saturated carbocycles. The van der Waals surface area contributed by atoms with Crippen molar-refractivity contribution < 1.29 is 4.79 Å². The van der Waals surface area contributed by atoms with Gasteiger partial charge in [0.25, 0.3) is 5.91 Å². The molecule has 1 N–H and O–H groups in total. The van der Waals surface area contributed by atoms with Gasteiger partial charge < -0.3 is 0 Å². The van der Waals surface area contributed by atoms with Gasteiger partial charge in [0.2, 0.25) is 0 Å². The molecule has 0 aliphatic carbocycles. The van der Waals surface area contributed by atoms with Gasteiger partial charge in [-0.1, -0.05) is 78.9 Å². The van der Waals surface area contributed by atoms with Crippen molar-refractivity contribution in [1.82, 2.24) is 5.43 Å². The number of fused-ring (bicyclic) bond motifs is 2. The fraction of sp³-hybridized carbons (Fsp3) is 0.120. The highest BCUT2D eigenvalue weighted by Gasteiger charge is 2.13. The largest absolute Gasteiger partial charge is 0.272 e. The number of benzene rings is 4. The van der Waals surface area contributed by atoms with E-state index in [2.05, 4.69) is 53.0 Å². The Bertz CT molecular complexity index is 1120.